The van der Waals surface area contributed by atoms with Gasteiger partial charge in [-0.25, -0.2) is 0 Å². The first-order valence-corrected chi connectivity index (χ1v) is 7.89. The van der Waals surface area contributed by atoms with Gasteiger partial charge >= 0.3 is 0 Å². The van der Waals surface area contributed by atoms with Crippen molar-refractivity contribution in [2.24, 2.45) is 5.92 Å². The van der Waals surface area contributed by atoms with Crippen LogP contribution in [0.25, 0.3) is 0 Å². The Morgan fingerprint density at radius 2 is 1.89 bits per heavy atom. The standard InChI is InChI=1S/C14H25NO2.C2H6/c1-4-11-12(16)9-14(5-7-15-8-6-14)17-13(11)10(2)3;1-2/h10,12,15-16H,4-9H2,1-3H3;1-2H3. The Hall–Kier alpha value is -0.540. The molecule has 3 heteroatoms. The van der Waals surface area contributed by atoms with Crippen molar-refractivity contribution in [3.05, 3.63) is 11.3 Å². The molecule has 0 aromatic carbocycles. The highest BCUT2D eigenvalue weighted by Crippen LogP contribution is 2.41. The Balaban J connectivity index is 0.000000861. The van der Waals surface area contributed by atoms with E-state index in [-0.39, 0.29) is 11.7 Å². The lowest BCUT2D eigenvalue weighted by atomic mass is 9.80. The van der Waals surface area contributed by atoms with E-state index in [2.05, 4.69) is 26.1 Å². The summed E-state index contributed by atoms with van der Waals surface area (Å²) in [6.45, 7) is 12.4. The fourth-order valence-electron chi connectivity index (χ4n) is 3.07. The highest BCUT2D eigenvalue weighted by Gasteiger charge is 2.42. The summed E-state index contributed by atoms with van der Waals surface area (Å²) in [5.41, 5.74) is 1.01. The zero-order valence-corrected chi connectivity index (χ0v) is 13.3. The minimum Gasteiger partial charge on any atom is -0.491 e. The second kappa shape index (κ2) is 7.30. The van der Waals surface area contributed by atoms with E-state index in [4.69, 9.17) is 4.74 Å². The topological polar surface area (TPSA) is 41.5 Å². The van der Waals surface area contributed by atoms with Crippen LogP contribution in [0.1, 0.15) is 60.3 Å². The van der Waals surface area contributed by atoms with Crippen LogP contribution in [-0.4, -0.2) is 29.9 Å². The van der Waals surface area contributed by atoms with E-state index >= 15 is 0 Å². The molecule has 2 aliphatic heterocycles. The lowest BCUT2D eigenvalue weighted by Crippen LogP contribution is -2.49. The molecule has 1 spiro atoms. The first-order chi connectivity index (χ1) is 9.08. The Labute approximate surface area is 118 Å². The van der Waals surface area contributed by atoms with Crippen LogP contribution in [-0.2, 0) is 4.74 Å². The average molecular weight is 269 g/mol. The smallest absolute Gasteiger partial charge is 0.114 e. The number of rotatable bonds is 2. The van der Waals surface area contributed by atoms with E-state index in [9.17, 15) is 5.11 Å². The molecule has 0 bridgehead atoms. The van der Waals surface area contributed by atoms with Crippen molar-refractivity contribution < 1.29 is 9.84 Å². The van der Waals surface area contributed by atoms with E-state index in [1.54, 1.807) is 0 Å². The van der Waals surface area contributed by atoms with Crippen molar-refractivity contribution in [3.8, 4) is 0 Å². The van der Waals surface area contributed by atoms with Gasteiger partial charge in [0.2, 0.25) is 0 Å². The predicted octanol–water partition coefficient (Wildman–Crippen LogP) is 3.24. The fraction of sp³-hybridized carbons (Fsp3) is 0.875. The van der Waals surface area contributed by atoms with Gasteiger partial charge in [0.15, 0.2) is 0 Å². The van der Waals surface area contributed by atoms with Gasteiger partial charge in [-0.3, -0.25) is 0 Å². The van der Waals surface area contributed by atoms with E-state index in [1.807, 2.05) is 13.8 Å². The summed E-state index contributed by atoms with van der Waals surface area (Å²) in [6, 6.07) is 0. The zero-order valence-electron chi connectivity index (χ0n) is 13.3. The first kappa shape index (κ1) is 16.5. The Bertz CT molecular complexity index is 304. The predicted molar refractivity (Wildman–Crippen MR) is 80.0 cm³/mol. The van der Waals surface area contributed by atoms with Gasteiger partial charge < -0.3 is 15.2 Å². The van der Waals surface area contributed by atoms with Crippen molar-refractivity contribution >= 4 is 0 Å². The monoisotopic (exact) mass is 269 g/mol. The number of allylic oxidation sites excluding steroid dienone is 1. The molecule has 1 fully saturated rings. The van der Waals surface area contributed by atoms with Crippen molar-refractivity contribution in [2.45, 2.75) is 72.0 Å². The summed E-state index contributed by atoms with van der Waals surface area (Å²) in [4.78, 5) is 0. The molecule has 0 aliphatic carbocycles. The van der Waals surface area contributed by atoms with Crippen molar-refractivity contribution in [3.63, 3.8) is 0 Å². The van der Waals surface area contributed by atoms with Crippen LogP contribution in [0.2, 0.25) is 0 Å². The normalized spacial score (nSPS) is 25.9. The maximum Gasteiger partial charge on any atom is 0.114 e. The highest BCUT2D eigenvalue weighted by molar-refractivity contribution is 5.20. The van der Waals surface area contributed by atoms with Crippen LogP contribution < -0.4 is 5.32 Å². The molecule has 2 aliphatic rings. The maximum absolute atomic E-state index is 10.3. The van der Waals surface area contributed by atoms with Crippen LogP contribution in [0, 0.1) is 5.92 Å². The SMILES string of the molecule is CC.CCC1=C(C(C)C)OC2(CCNCC2)CC1O. The largest absolute Gasteiger partial charge is 0.491 e. The van der Waals surface area contributed by atoms with Gasteiger partial charge in [-0.1, -0.05) is 34.6 Å². The number of nitrogens with one attached hydrogen (secondary N) is 1. The van der Waals surface area contributed by atoms with Gasteiger partial charge in [0, 0.05) is 12.3 Å². The third kappa shape index (κ3) is 3.73. The Morgan fingerprint density at radius 3 is 2.37 bits per heavy atom. The van der Waals surface area contributed by atoms with Gasteiger partial charge in [0.05, 0.1) is 6.10 Å². The van der Waals surface area contributed by atoms with Crippen LogP contribution in [0.15, 0.2) is 11.3 Å². The molecule has 1 saturated heterocycles. The molecule has 3 nitrogen and oxygen atoms in total. The van der Waals surface area contributed by atoms with Gasteiger partial charge in [0.1, 0.15) is 11.4 Å². The molecule has 1 atom stereocenters. The minimum absolute atomic E-state index is 0.108. The molecule has 2 rings (SSSR count). The first-order valence-electron chi connectivity index (χ1n) is 7.89. The molecule has 0 aromatic heterocycles. The summed E-state index contributed by atoms with van der Waals surface area (Å²) < 4.78 is 6.33. The van der Waals surface area contributed by atoms with E-state index < -0.39 is 0 Å². The van der Waals surface area contributed by atoms with Gasteiger partial charge in [-0.2, -0.15) is 0 Å². The summed E-state index contributed by atoms with van der Waals surface area (Å²) in [5, 5.41) is 13.7. The molecule has 19 heavy (non-hydrogen) atoms. The van der Waals surface area contributed by atoms with E-state index in [0.717, 1.165) is 50.1 Å². The minimum atomic E-state index is -0.302. The molecule has 2 N–H and O–H groups in total. The van der Waals surface area contributed by atoms with Gasteiger partial charge in [0.25, 0.3) is 0 Å². The Morgan fingerprint density at radius 1 is 1.32 bits per heavy atom. The van der Waals surface area contributed by atoms with Crippen LogP contribution in [0.3, 0.4) is 0 Å². The average Bonchev–Trinajstić information content (AvgIpc) is 2.41. The molecular weight excluding hydrogens is 238 g/mol. The lowest BCUT2D eigenvalue weighted by molar-refractivity contribution is -0.0807. The fourth-order valence-corrected chi connectivity index (χ4v) is 3.07. The molecule has 112 valence electrons. The molecule has 0 aromatic rings. The number of aliphatic hydroxyl groups excluding tert-OH is 1. The van der Waals surface area contributed by atoms with Crippen molar-refractivity contribution in [1.29, 1.82) is 0 Å². The molecular formula is C16H31NO2. The van der Waals surface area contributed by atoms with Crippen molar-refractivity contribution in [2.75, 3.05) is 13.1 Å². The summed E-state index contributed by atoms with van der Waals surface area (Å²) in [6.07, 6.45) is 3.38. The molecule has 0 amide bonds. The molecule has 0 radical (unpaired) electrons. The maximum atomic E-state index is 10.3. The summed E-state index contributed by atoms with van der Waals surface area (Å²) in [7, 11) is 0. The number of aliphatic hydroxyl groups is 1. The molecule has 0 saturated carbocycles. The van der Waals surface area contributed by atoms with Crippen molar-refractivity contribution in [1.82, 2.24) is 5.32 Å². The van der Waals surface area contributed by atoms with Crippen LogP contribution in [0.5, 0.6) is 0 Å². The number of ether oxygens (including phenoxy) is 1. The highest BCUT2D eigenvalue weighted by atomic mass is 16.5. The second-order valence-corrected chi connectivity index (χ2v) is 5.65. The third-order valence-electron chi connectivity index (χ3n) is 4.03. The molecule has 2 heterocycles. The van der Waals surface area contributed by atoms with E-state index in [0.29, 0.717) is 5.92 Å². The zero-order chi connectivity index (χ0) is 14.5. The lowest BCUT2D eigenvalue weighted by Gasteiger charge is -2.45. The van der Waals surface area contributed by atoms with Crippen LogP contribution in [0.4, 0.5) is 0 Å². The number of hydrogen-bond acceptors (Lipinski definition) is 3. The van der Waals surface area contributed by atoms with E-state index in [1.165, 1.54) is 0 Å². The number of piperidine rings is 1. The third-order valence-corrected chi connectivity index (χ3v) is 4.03. The summed E-state index contributed by atoms with van der Waals surface area (Å²) >= 11 is 0. The quantitative estimate of drug-likeness (QED) is 0.808. The Kier molecular flexibility index (Phi) is 6.34. The molecule has 1 unspecified atom stereocenters. The number of hydrogen-bond donors (Lipinski definition) is 2. The second-order valence-electron chi connectivity index (χ2n) is 5.65. The van der Waals surface area contributed by atoms with Gasteiger partial charge in [-0.15, -0.1) is 0 Å². The van der Waals surface area contributed by atoms with Gasteiger partial charge in [-0.05, 0) is 37.9 Å². The summed E-state index contributed by atoms with van der Waals surface area (Å²) in [5.74, 6) is 1.42. The van der Waals surface area contributed by atoms with Crippen LogP contribution >= 0.6 is 0 Å².